The quantitative estimate of drug-likeness (QED) is 0.763. The molecule has 2 amide bonds. The van der Waals surface area contributed by atoms with Gasteiger partial charge >= 0.3 is 6.03 Å². The number of hydrogen-bond donors (Lipinski definition) is 2. The van der Waals surface area contributed by atoms with Gasteiger partial charge in [0.2, 0.25) is 10.0 Å². The third kappa shape index (κ3) is 7.05. The number of carbonyl (C=O) groups excluding carboxylic acids is 1. The Morgan fingerprint density at radius 2 is 1.78 bits per heavy atom. The topological polar surface area (TPSA) is 81.8 Å². The minimum Gasteiger partial charge on any atom is -0.337 e. The number of sulfonamides is 1. The minimum atomic E-state index is -3.22. The van der Waals surface area contributed by atoms with Gasteiger partial charge in [0, 0.05) is 32.2 Å². The lowest BCUT2D eigenvalue weighted by atomic mass is 10.1. The van der Waals surface area contributed by atoms with Crippen molar-refractivity contribution in [1.29, 1.82) is 0 Å². The van der Waals surface area contributed by atoms with Gasteiger partial charge in [0.25, 0.3) is 0 Å². The Bertz CT molecular complexity index is 475. The van der Waals surface area contributed by atoms with E-state index in [0.717, 1.165) is 38.7 Å². The summed E-state index contributed by atoms with van der Waals surface area (Å²) in [4.78, 5) is 16.4. The van der Waals surface area contributed by atoms with Crippen LogP contribution < -0.4 is 10.0 Å². The standard InChI is InChI=1S/C15H30N4O3S/c1-23(21,22)17-14-7-6-11-19(13-14)15(20)16-8-12-18-9-4-2-3-5-10-18/h14,17H,2-13H2,1H3,(H,16,20). The Kier molecular flexibility index (Phi) is 7.10. The summed E-state index contributed by atoms with van der Waals surface area (Å²) >= 11 is 0. The molecule has 7 nitrogen and oxygen atoms in total. The maximum Gasteiger partial charge on any atom is 0.317 e. The van der Waals surface area contributed by atoms with Crippen LogP contribution in [0.3, 0.4) is 0 Å². The van der Waals surface area contributed by atoms with Gasteiger partial charge in [0.1, 0.15) is 0 Å². The smallest absolute Gasteiger partial charge is 0.317 e. The van der Waals surface area contributed by atoms with Crippen LogP contribution in [0.1, 0.15) is 38.5 Å². The average Bonchev–Trinajstić information content (AvgIpc) is 2.74. The van der Waals surface area contributed by atoms with E-state index in [-0.39, 0.29) is 12.1 Å². The van der Waals surface area contributed by atoms with E-state index in [2.05, 4.69) is 14.9 Å². The molecule has 2 rings (SSSR count). The maximum absolute atomic E-state index is 12.2. The molecule has 0 aliphatic carbocycles. The highest BCUT2D eigenvalue weighted by Crippen LogP contribution is 2.11. The summed E-state index contributed by atoms with van der Waals surface area (Å²) < 4.78 is 25.2. The van der Waals surface area contributed by atoms with Gasteiger partial charge < -0.3 is 15.1 Å². The molecule has 23 heavy (non-hydrogen) atoms. The summed E-state index contributed by atoms with van der Waals surface area (Å²) in [5.74, 6) is 0. The first-order valence-corrected chi connectivity index (χ1v) is 10.6. The van der Waals surface area contributed by atoms with E-state index in [1.54, 1.807) is 4.90 Å². The van der Waals surface area contributed by atoms with Crippen LogP contribution in [0.5, 0.6) is 0 Å². The molecule has 0 saturated carbocycles. The van der Waals surface area contributed by atoms with Gasteiger partial charge in [-0.1, -0.05) is 12.8 Å². The van der Waals surface area contributed by atoms with Gasteiger partial charge in [0.15, 0.2) is 0 Å². The first-order chi connectivity index (χ1) is 10.9. The van der Waals surface area contributed by atoms with Crippen molar-refractivity contribution in [1.82, 2.24) is 19.8 Å². The molecule has 8 heteroatoms. The second kappa shape index (κ2) is 8.84. The largest absolute Gasteiger partial charge is 0.337 e. The predicted octanol–water partition coefficient (Wildman–Crippen LogP) is 0.586. The Morgan fingerprint density at radius 1 is 1.09 bits per heavy atom. The van der Waals surface area contributed by atoms with Crippen LogP contribution in [0.25, 0.3) is 0 Å². The summed E-state index contributed by atoms with van der Waals surface area (Å²) in [6, 6.07) is -0.255. The highest BCUT2D eigenvalue weighted by Gasteiger charge is 2.25. The number of carbonyl (C=O) groups is 1. The van der Waals surface area contributed by atoms with E-state index in [9.17, 15) is 13.2 Å². The summed E-state index contributed by atoms with van der Waals surface area (Å²) in [6.45, 7) is 4.93. The van der Waals surface area contributed by atoms with Gasteiger partial charge in [-0.2, -0.15) is 0 Å². The molecule has 1 unspecified atom stereocenters. The molecule has 2 N–H and O–H groups in total. The molecule has 2 aliphatic heterocycles. The Morgan fingerprint density at radius 3 is 2.43 bits per heavy atom. The highest BCUT2D eigenvalue weighted by atomic mass is 32.2. The average molecular weight is 346 g/mol. The van der Waals surface area contributed by atoms with Crippen LogP contribution in [0.4, 0.5) is 4.79 Å². The van der Waals surface area contributed by atoms with Crippen LogP contribution in [-0.2, 0) is 10.0 Å². The van der Waals surface area contributed by atoms with Crippen LogP contribution in [-0.4, -0.2) is 75.8 Å². The van der Waals surface area contributed by atoms with Crippen LogP contribution in [0, 0.1) is 0 Å². The third-order valence-electron chi connectivity index (χ3n) is 4.49. The first-order valence-electron chi connectivity index (χ1n) is 8.66. The van der Waals surface area contributed by atoms with E-state index >= 15 is 0 Å². The van der Waals surface area contributed by atoms with E-state index in [1.807, 2.05) is 0 Å². The van der Waals surface area contributed by atoms with E-state index in [1.165, 1.54) is 25.7 Å². The molecule has 2 fully saturated rings. The zero-order valence-electron chi connectivity index (χ0n) is 14.1. The van der Waals surface area contributed by atoms with Crippen molar-refractivity contribution in [3.63, 3.8) is 0 Å². The number of amides is 2. The van der Waals surface area contributed by atoms with Crippen molar-refractivity contribution >= 4 is 16.1 Å². The molecule has 0 aromatic carbocycles. The number of nitrogens with zero attached hydrogens (tertiary/aromatic N) is 2. The third-order valence-corrected chi connectivity index (χ3v) is 5.25. The van der Waals surface area contributed by atoms with Crippen LogP contribution in [0.15, 0.2) is 0 Å². The van der Waals surface area contributed by atoms with Gasteiger partial charge in [0.05, 0.1) is 6.26 Å². The van der Waals surface area contributed by atoms with Gasteiger partial charge in [-0.05, 0) is 38.8 Å². The lowest BCUT2D eigenvalue weighted by Crippen LogP contribution is -2.52. The molecule has 134 valence electrons. The lowest BCUT2D eigenvalue weighted by Gasteiger charge is -2.33. The van der Waals surface area contributed by atoms with Gasteiger partial charge in [-0.25, -0.2) is 17.9 Å². The van der Waals surface area contributed by atoms with Gasteiger partial charge in [-0.15, -0.1) is 0 Å². The molecule has 1 atom stereocenters. The Balaban J connectivity index is 1.70. The molecule has 0 aromatic heterocycles. The van der Waals surface area contributed by atoms with Crippen molar-refractivity contribution in [3.05, 3.63) is 0 Å². The number of hydrogen-bond acceptors (Lipinski definition) is 4. The van der Waals surface area contributed by atoms with E-state index < -0.39 is 10.0 Å². The maximum atomic E-state index is 12.2. The molecule has 0 radical (unpaired) electrons. The molecular formula is C15H30N4O3S. The zero-order chi connectivity index (χ0) is 16.7. The zero-order valence-corrected chi connectivity index (χ0v) is 14.9. The van der Waals surface area contributed by atoms with Crippen molar-refractivity contribution in [3.8, 4) is 0 Å². The number of urea groups is 1. The second-order valence-electron chi connectivity index (χ2n) is 6.66. The number of rotatable bonds is 5. The number of nitrogens with one attached hydrogen (secondary N) is 2. The molecular weight excluding hydrogens is 316 g/mol. The predicted molar refractivity (Wildman–Crippen MR) is 90.9 cm³/mol. The Labute approximate surface area is 139 Å². The lowest BCUT2D eigenvalue weighted by molar-refractivity contribution is 0.175. The van der Waals surface area contributed by atoms with Crippen molar-refractivity contribution < 1.29 is 13.2 Å². The van der Waals surface area contributed by atoms with E-state index in [0.29, 0.717) is 19.6 Å². The first kappa shape index (κ1) is 18.5. The van der Waals surface area contributed by atoms with Gasteiger partial charge in [-0.3, -0.25) is 0 Å². The monoisotopic (exact) mass is 346 g/mol. The number of piperidine rings is 1. The fraction of sp³-hybridized carbons (Fsp3) is 0.933. The fourth-order valence-corrected chi connectivity index (χ4v) is 4.15. The fourth-order valence-electron chi connectivity index (χ4n) is 3.35. The van der Waals surface area contributed by atoms with Crippen molar-refractivity contribution in [2.24, 2.45) is 0 Å². The molecule has 0 bridgehead atoms. The van der Waals surface area contributed by atoms with Crippen LogP contribution in [0.2, 0.25) is 0 Å². The molecule has 2 saturated heterocycles. The highest BCUT2D eigenvalue weighted by molar-refractivity contribution is 7.88. The summed E-state index contributed by atoms with van der Waals surface area (Å²) in [6.07, 6.45) is 7.89. The van der Waals surface area contributed by atoms with Crippen molar-refractivity contribution in [2.45, 2.75) is 44.6 Å². The molecule has 0 spiro atoms. The number of likely N-dealkylation sites (tertiary alicyclic amines) is 2. The van der Waals surface area contributed by atoms with Crippen molar-refractivity contribution in [2.75, 3.05) is 45.5 Å². The summed E-state index contributed by atoms with van der Waals surface area (Å²) in [7, 11) is -3.22. The normalized spacial score (nSPS) is 24.2. The summed E-state index contributed by atoms with van der Waals surface area (Å²) in [5, 5.41) is 2.97. The second-order valence-corrected chi connectivity index (χ2v) is 8.44. The minimum absolute atomic E-state index is 0.0835. The Hall–Kier alpha value is -0.860. The van der Waals surface area contributed by atoms with E-state index in [4.69, 9.17) is 0 Å². The van der Waals surface area contributed by atoms with Crippen LogP contribution >= 0.6 is 0 Å². The molecule has 0 aromatic rings. The molecule has 2 heterocycles. The molecule has 2 aliphatic rings. The SMILES string of the molecule is CS(=O)(=O)NC1CCCN(C(=O)NCCN2CCCCCC2)C1. The summed E-state index contributed by atoms with van der Waals surface area (Å²) in [5.41, 5.74) is 0.